The highest BCUT2D eigenvalue weighted by atomic mass is 16.5. The highest BCUT2D eigenvalue weighted by Crippen LogP contribution is 2.22. The van der Waals surface area contributed by atoms with Crippen molar-refractivity contribution >= 4 is 35.0 Å². The van der Waals surface area contributed by atoms with Crippen molar-refractivity contribution in [1.82, 2.24) is 10.4 Å². The van der Waals surface area contributed by atoms with Crippen molar-refractivity contribution in [2.75, 3.05) is 13.7 Å². The number of aliphatic carboxylic acids is 2. The van der Waals surface area contributed by atoms with Crippen LogP contribution in [0.4, 0.5) is 0 Å². The molecule has 30 heavy (non-hydrogen) atoms. The van der Waals surface area contributed by atoms with E-state index in [1.54, 1.807) is 13.3 Å². The Morgan fingerprint density at radius 3 is 2.73 bits per heavy atom. The number of rotatable bonds is 9. The topological polar surface area (TPSA) is 167 Å². The Bertz CT molecular complexity index is 901. The van der Waals surface area contributed by atoms with Gasteiger partial charge in [-0.15, -0.1) is 5.10 Å². The van der Waals surface area contributed by atoms with Crippen LogP contribution in [0.3, 0.4) is 0 Å². The van der Waals surface area contributed by atoms with Gasteiger partial charge < -0.3 is 24.7 Å². The van der Waals surface area contributed by atoms with Gasteiger partial charge in [-0.25, -0.2) is 4.79 Å². The number of hydrogen-bond donors (Lipinski definition) is 5. The molecule has 0 saturated heterocycles. The fourth-order valence-corrected chi connectivity index (χ4v) is 2.30. The Labute approximate surface area is 174 Å². The summed E-state index contributed by atoms with van der Waals surface area (Å²) >= 11 is 0. The van der Waals surface area contributed by atoms with Crippen molar-refractivity contribution in [2.24, 2.45) is 10.8 Å². The lowest BCUT2D eigenvalue weighted by atomic mass is 10.2. The highest BCUT2D eigenvalue weighted by molar-refractivity contribution is 5.99. The van der Waals surface area contributed by atoms with E-state index in [0.717, 1.165) is 35.2 Å². The molecule has 6 N–H and O–H groups in total. The van der Waals surface area contributed by atoms with Crippen LogP contribution in [0.25, 0.3) is 10.9 Å². The lowest BCUT2D eigenvalue weighted by Gasteiger charge is -1.99. The van der Waals surface area contributed by atoms with Gasteiger partial charge in [-0.05, 0) is 30.7 Å². The third-order valence-electron chi connectivity index (χ3n) is 3.77. The van der Waals surface area contributed by atoms with Crippen molar-refractivity contribution in [3.05, 3.63) is 42.1 Å². The minimum Gasteiger partial charge on any atom is -0.545 e. The maximum atomic E-state index is 9.53. The SMILES string of the molecule is CCCCC[NH+]=C(N)N/N=C/c1c[nH]c2ccc(OC)cc12.O=C([O-])/C=C\C(=O)O. The number of carbonyl (C=O) groups is 2. The number of hydrogen-bond acceptors (Lipinski definition) is 5. The normalized spacial score (nSPS) is 11.5. The number of carboxylic acid groups (broad SMARTS) is 2. The van der Waals surface area contributed by atoms with Gasteiger partial charge in [0, 0.05) is 28.7 Å². The zero-order valence-electron chi connectivity index (χ0n) is 17.0. The van der Waals surface area contributed by atoms with Crippen molar-refractivity contribution in [3.8, 4) is 5.75 Å². The summed E-state index contributed by atoms with van der Waals surface area (Å²) in [6.07, 6.45) is 8.07. The van der Waals surface area contributed by atoms with Crippen LogP contribution in [0.5, 0.6) is 5.75 Å². The molecule has 0 aliphatic heterocycles. The first-order chi connectivity index (χ1) is 14.4. The molecule has 10 heteroatoms. The van der Waals surface area contributed by atoms with Crippen molar-refractivity contribution in [1.29, 1.82) is 0 Å². The first-order valence-corrected chi connectivity index (χ1v) is 9.29. The molecule has 0 saturated carbocycles. The van der Waals surface area contributed by atoms with Gasteiger partial charge in [0.15, 0.2) is 0 Å². The fraction of sp³-hybridized carbons (Fsp3) is 0.300. The van der Waals surface area contributed by atoms with E-state index in [2.05, 4.69) is 27.4 Å². The third kappa shape index (κ3) is 9.40. The second-order valence-electron chi connectivity index (χ2n) is 6.06. The van der Waals surface area contributed by atoms with Gasteiger partial charge in [-0.3, -0.25) is 10.7 Å². The smallest absolute Gasteiger partial charge is 0.365 e. The number of benzene rings is 1. The lowest BCUT2D eigenvalue weighted by Crippen LogP contribution is -2.78. The number of H-pyrrole nitrogens is 1. The van der Waals surface area contributed by atoms with E-state index in [9.17, 15) is 14.7 Å². The van der Waals surface area contributed by atoms with Crippen molar-refractivity contribution < 1.29 is 29.5 Å². The Balaban J connectivity index is 0.000000479. The highest BCUT2D eigenvalue weighted by Gasteiger charge is 2.03. The molecule has 2 aromatic rings. The van der Waals surface area contributed by atoms with E-state index in [4.69, 9.17) is 15.6 Å². The number of aromatic amines is 1. The molecule has 1 aromatic heterocycles. The third-order valence-corrected chi connectivity index (χ3v) is 3.77. The molecule has 0 aliphatic carbocycles. The fourth-order valence-electron chi connectivity index (χ4n) is 2.30. The molecule has 1 aromatic carbocycles. The number of methoxy groups -OCH3 is 1. The number of nitrogens with two attached hydrogens (primary N) is 1. The van der Waals surface area contributed by atoms with E-state index in [0.29, 0.717) is 18.1 Å². The molecule has 0 radical (unpaired) electrons. The minimum atomic E-state index is -1.51. The minimum absolute atomic E-state index is 0.447. The lowest BCUT2D eigenvalue weighted by molar-refractivity contribution is -0.461. The number of guanidine groups is 1. The molecule has 0 bridgehead atoms. The quantitative estimate of drug-likeness (QED) is 0.115. The molecular weight excluding hydrogens is 390 g/mol. The summed E-state index contributed by atoms with van der Waals surface area (Å²) in [5, 5.41) is 22.4. The number of aromatic nitrogens is 1. The molecule has 2 rings (SSSR count). The number of ether oxygens (including phenoxy) is 1. The maximum absolute atomic E-state index is 9.53. The molecule has 0 aliphatic rings. The number of carboxylic acids is 2. The maximum Gasteiger partial charge on any atom is 0.365 e. The van der Waals surface area contributed by atoms with Crippen molar-refractivity contribution in [2.45, 2.75) is 26.2 Å². The Kier molecular flexibility index (Phi) is 10.8. The average molecular weight is 417 g/mol. The summed E-state index contributed by atoms with van der Waals surface area (Å²) in [6.45, 7) is 3.03. The van der Waals surface area contributed by atoms with Crippen LogP contribution < -0.4 is 26.0 Å². The number of fused-ring (bicyclic) bond motifs is 1. The van der Waals surface area contributed by atoms with Gasteiger partial charge in [0.25, 0.3) is 0 Å². The van der Waals surface area contributed by atoms with Crippen LogP contribution in [0, 0.1) is 0 Å². The number of unbranched alkanes of at least 4 members (excludes halogenated alkanes) is 2. The average Bonchev–Trinajstić information content (AvgIpc) is 3.12. The Morgan fingerprint density at radius 2 is 2.13 bits per heavy atom. The van der Waals surface area contributed by atoms with Crippen LogP contribution in [-0.2, 0) is 9.59 Å². The second kappa shape index (κ2) is 13.4. The molecule has 0 unspecified atom stereocenters. The summed E-state index contributed by atoms with van der Waals surface area (Å²) in [6, 6.07) is 5.88. The predicted octanol–water partition coefficient (Wildman–Crippen LogP) is -0.937. The van der Waals surface area contributed by atoms with E-state index in [-0.39, 0.29) is 0 Å². The first kappa shape index (κ1) is 24.2. The summed E-state index contributed by atoms with van der Waals surface area (Å²) in [4.78, 5) is 25.3. The van der Waals surface area contributed by atoms with Crippen LogP contribution in [0.15, 0.2) is 41.6 Å². The summed E-state index contributed by atoms with van der Waals surface area (Å²) in [5.41, 5.74) is 10.6. The molecule has 0 amide bonds. The number of hydrazone groups is 1. The van der Waals surface area contributed by atoms with Gasteiger partial charge in [-0.2, -0.15) is 5.43 Å². The largest absolute Gasteiger partial charge is 0.545 e. The monoisotopic (exact) mass is 417 g/mol. The van der Waals surface area contributed by atoms with E-state index < -0.39 is 11.9 Å². The van der Waals surface area contributed by atoms with Crippen LogP contribution >= 0.6 is 0 Å². The molecule has 0 fully saturated rings. The Hall–Kier alpha value is -3.82. The van der Waals surface area contributed by atoms with E-state index in [1.807, 2.05) is 24.4 Å². The molecule has 162 valence electrons. The summed E-state index contributed by atoms with van der Waals surface area (Å²) in [7, 11) is 1.66. The Morgan fingerprint density at radius 1 is 1.37 bits per heavy atom. The van der Waals surface area contributed by atoms with Gasteiger partial charge in [0.1, 0.15) is 5.75 Å². The van der Waals surface area contributed by atoms with Gasteiger partial charge >= 0.3 is 11.9 Å². The molecule has 0 atom stereocenters. The number of carbonyl (C=O) groups excluding carboxylic acids is 1. The zero-order valence-corrected chi connectivity index (χ0v) is 17.0. The van der Waals surface area contributed by atoms with Crippen LogP contribution in [0.2, 0.25) is 0 Å². The van der Waals surface area contributed by atoms with Gasteiger partial charge in [0.05, 0.1) is 25.8 Å². The predicted molar refractivity (Wildman–Crippen MR) is 112 cm³/mol. The number of nitrogens with one attached hydrogen (secondary N) is 3. The molecular formula is C20H27N5O5. The first-order valence-electron chi connectivity index (χ1n) is 9.29. The van der Waals surface area contributed by atoms with E-state index >= 15 is 0 Å². The van der Waals surface area contributed by atoms with Gasteiger partial charge in [-0.1, -0.05) is 19.8 Å². The molecule has 0 spiro atoms. The number of nitrogens with zero attached hydrogens (tertiary/aromatic N) is 1. The summed E-state index contributed by atoms with van der Waals surface area (Å²) < 4.78 is 5.25. The van der Waals surface area contributed by atoms with Gasteiger partial charge in [0.2, 0.25) is 0 Å². The van der Waals surface area contributed by atoms with Crippen LogP contribution in [0.1, 0.15) is 31.7 Å². The molecule has 1 heterocycles. The van der Waals surface area contributed by atoms with Crippen LogP contribution in [-0.4, -0.2) is 47.9 Å². The zero-order chi connectivity index (χ0) is 22.4. The second-order valence-corrected chi connectivity index (χ2v) is 6.06. The molecule has 10 nitrogen and oxygen atoms in total. The standard InChI is InChI=1S/C16H23N5O.C4H4O4/c1-3-4-5-8-18-16(17)21-20-11-12-10-19-15-7-6-13(22-2)9-14(12)15;5-3(6)1-2-4(7)8/h6-7,9-11,19H,3-5,8H2,1-2H3,(H3,17,18,21);1-2H,(H,5,6)(H,7,8)/b20-11+;2-1-. The van der Waals surface area contributed by atoms with E-state index in [1.165, 1.54) is 12.8 Å². The summed E-state index contributed by atoms with van der Waals surface area (Å²) in [5.74, 6) is -1.52. The van der Waals surface area contributed by atoms with Crippen molar-refractivity contribution in [3.63, 3.8) is 0 Å².